The molecule has 1 N–H and O–H groups in total. The van der Waals surface area contributed by atoms with Crippen molar-refractivity contribution in [1.82, 2.24) is 5.32 Å². The average Bonchev–Trinajstić information content (AvgIpc) is 2.48. The highest BCUT2D eigenvalue weighted by molar-refractivity contribution is 5.87. The fourth-order valence-electron chi connectivity index (χ4n) is 1.82. The van der Waals surface area contributed by atoms with Crippen molar-refractivity contribution < 1.29 is 19.1 Å². The van der Waals surface area contributed by atoms with Gasteiger partial charge >= 0.3 is 12.1 Å². The zero-order valence-electron chi connectivity index (χ0n) is 15.1. The SMILES string of the molecule is CC(C)c1ccc(/C=C/C(=O)OCCNC(=O)OC(C)(C)C)cc1. The van der Waals surface area contributed by atoms with Crippen molar-refractivity contribution in [2.75, 3.05) is 13.2 Å². The molecule has 132 valence electrons. The first-order valence-electron chi connectivity index (χ1n) is 8.09. The number of carbonyl (C=O) groups excluding carboxylic acids is 2. The highest BCUT2D eigenvalue weighted by Gasteiger charge is 2.15. The molecule has 0 aliphatic rings. The number of hydrogen-bond acceptors (Lipinski definition) is 4. The van der Waals surface area contributed by atoms with Gasteiger partial charge in [0.05, 0.1) is 6.54 Å². The van der Waals surface area contributed by atoms with Crippen LogP contribution in [0.4, 0.5) is 4.79 Å². The van der Waals surface area contributed by atoms with Crippen LogP contribution in [0.15, 0.2) is 30.3 Å². The van der Waals surface area contributed by atoms with Gasteiger partial charge in [0, 0.05) is 6.08 Å². The lowest BCUT2D eigenvalue weighted by atomic mass is 10.0. The van der Waals surface area contributed by atoms with E-state index in [1.807, 2.05) is 24.3 Å². The summed E-state index contributed by atoms with van der Waals surface area (Å²) in [4.78, 5) is 23.0. The molecule has 1 rings (SSSR count). The predicted molar refractivity (Wildman–Crippen MR) is 94.8 cm³/mol. The zero-order valence-corrected chi connectivity index (χ0v) is 15.1. The van der Waals surface area contributed by atoms with E-state index in [2.05, 4.69) is 19.2 Å². The Bertz CT molecular complexity index is 568. The van der Waals surface area contributed by atoms with Crippen LogP contribution in [0.2, 0.25) is 0 Å². The van der Waals surface area contributed by atoms with Crippen LogP contribution in [0.3, 0.4) is 0 Å². The smallest absolute Gasteiger partial charge is 0.407 e. The van der Waals surface area contributed by atoms with Gasteiger partial charge in [-0.3, -0.25) is 0 Å². The number of alkyl carbamates (subject to hydrolysis) is 1. The minimum absolute atomic E-state index is 0.0920. The van der Waals surface area contributed by atoms with E-state index in [9.17, 15) is 9.59 Å². The fraction of sp³-hybridized carbons (Fsp3) is 0.474. The van der Waals surface area contributed by atoms with Crippen LogP contribution in [0.5, 0.6) is 0 Å². The second-order valence-corrected chi connectivity index (χ2v) is 6.75. The van der Waals surface area contributed by atoms with Crippen molar-refractivity contribution in [2.24, 2.45) is 0 Å². The van der Waals surface area contributed by atoms with Gasteiger partial charge in [-0.15, -0.1) is 0 Å². The average molecular weight is 333 g/mol. The molecule has 0 heterocycles. The maximum Gasteiger partial charge on any atom is 0.407 e. The first-order valence-corrected chi connectivity index (χ1v) is 8.09. The molecule has 1 amide bonds. The van der Waals surface area contributed by atoms with Gasteiger partial charge in [-0.25, -0.2) is 9.59 Å². The topological polar surface area (TPSA) is 64.6 Å². The second-order valence-electron chi connectivity index (χ2n) is 6.75. The number of esters is 1. The Balaban J connectivity index is 2.30. The molecule has 0 radical (unpaired) electrons. The number of carbonyl (C=O) groups is 2. The normalized spacial score (nSPS) is 11.6. The Labute approximate surface area is 144 Å². The summed E-state index contributed by atoms with van der Waals surface area (Å²) < 4.78 is 10.1. The zero-order chi connectivity index (χ0) is 18.2. The third-order valence-electron chi connectivity index (χ3n) is 3.03. The minimum Gasteiger partial charge on any atom is -0.461 e. The van der Waals surface area contributed by atoms with Crippen molar-refractivity contribution in [2.45, 2.75) is 46.1 Å². The number of ether oxygens (including phenoxy) is 2. The summed E-state index contributed by atoms with van der Waals surface area (Å²) in [5.74, 6) is 0.0272. The summed E-state index contributed by atoms with van der Waals surface area (Å²) >= 11 is 0. The van der Waals surface area contributed by atoms with E-state index in [0.717, 1.165) is 5.56 Å². The molecule has 0 spiro atoms. The fourth-order valence-corrected chi connectivity index (χ4v) is 1.82. The van der Waals surface area contributed by atoms with Gasteiger partial charge in [-0.2, -0.15) is 0 Å². The molecule has 1 aromatic carbocycles. The molecule has 0 saturated carbocycles. The predicted octanol–water partition coefficient (Wildman–Crippen LogP) is 3.89. The molecule has 0 aromatic heterocycles. The lowest BCUT2D eigenvalue weighted by Gasteiger charge is -2.19. The summed E-state index contributed by atoms with van der Waals surface area (Å²) in [6.07, 6.45) is 2.55. The summed E-state index contributed by atoms with van der Waals surface area (Å²) in [5.41, 5.74) is 1.64. The molecule has 5 nitrogen and oxygen atoms in total. The minimum atomic E-state index is -0.547. The maximum absolute atomic E-state index is 11.6. The summed E-state index contributed by atoms with van der Waals surface area (Å²) in [5, 5.41) is 2.52. The molecule has 24 heavy (non-hydrogen) atoms. The van der Waals surface area contributed by atoms with Crippen molar-refractivity contribution in [3.63, 3.8) is 0 Å². The molecule has 1 aromatic rings. The van der Waals surface area contributed by atoms with Crippen molar-refractivity contribution in [1.29, 1.82) is 0 Å². The number of amides is 1. The van der Waals surface area contributed by atoms with E-state index in [4.69, 9.17) is 9.47 Å². The van der Waals surface area contributed by atoms with Crippen LogP contribution in [0.25, 0.3) is 6.08 Å². The Morgan fingerprint density at radius 2 is 1.79 bits per heavy atom. The molecule has 0 aliphatic heterocycles. The van der Waals surface area contributed by atoms with Crippen LogP contribution in [-0.4, -0.2) is 30.8 Å². The van der Waals surface area contributed by atoms with Crippen LogP contribution in [0, 0.1) is 0 Å². The van der Waals surface area contributed by atoms with E-state index < -0.39 is 17.7 Å². The number of nitrogens with one attached hydrogen (secondary N) is 1. The number of hydrogen-bond donors (Lipinski definition) is 1. The largest absolute Gasteiger partial charge is 0.461 e. The Hall–Kier alpha value is -2.30. The van der Waals surface area contributed by atoms with Gasteiger partial charge < -0.3 is 14.8 Å². The third-order valence-corrected chi connectivity index (χ3v) is 3.03. The van der Waals surface area contributed by atoms with E-state index in [1.165, 1.54) is 11.6 Å². The molecule has 0 bridgehead atoms. The molecule has 0 unspecified atom stereocenters. The summed E-state index contributed by atoms with van der Waals surface area (Å²) in [7, 11) is 0. The van der Waals surface area contributed by atoms with Crippen molar-refractivity contribution in [3.8, 4) is 0 Å². The lowest BCUT2D eigenvalue weighted by Crippen LogP contribution is -2.34. The van der Waals surface area contributed by atoms with Crippen LogP contribution in [0.1, 0.15) is 51.7 Å². The van der Waals surface area contributed by atoms with Crippen LogP contribution < -0.4 is 5.32 Å². The first-order chi connectivity index (χ1) is 11.2. The molecule has 5 heteroatoms. The Kier molecular flexibility index (Phi) is 7.49. The van der Waals surface area contributed by atoms with E-state index in [-0.39, 0.29) is 13.2 Å². The first kappa shape index (κ1) is 19.7. The van der Waals surface area contributed by atoms with Gasteiger partial charge in [0.25, 0.3) is 0 Å². The molecule has 0 fully saturated rings. The van der Waals surface area contributed by atoms with Gasteiger partial charge in [0.15, 0.2) is 0 Å². The number of rotatable bonds is 6. The lowest BCUT2D eigenvalue weighted by molar-refractivity contribution is -0.137. The van der Waals surface area contributed by atoms with Crippen molar-refractivity contribution >= 4 is 18.1 Å². The van der Waals surface area contributed by atoms with Crippen LogP contribution in [-0.2, 0) is 14.3 Å². The van der Waals surface area contributed by atoms with E-state index >= 15 is 0 Å². The molecule has 0 saturated heterocycles. The third kappa shape index (κ3) is 8.36. The van der Waals surface area contributed by atoms with Gasteiger partial charge in [-0.1, -0.05) is 38.1 Å². The maximum atomic E-state index is 11.6. The highest BCUT2D eigenvalue weighted by Crippen LogP contribution is 2.15. The standard InChI is InChI=1S/C19H27NO4/c1-14(2)16-9-6-15(7-10-16)8-11-17(21)23-13-12-20-18(22)24-19(3,4)5/h6-11,14H,12-13H2,1-5H3,(H,20,22)/b11-8+. The van der Waals surface area contributed by atoms with Crippen molar-refractivity contribution in [3.05, 3.63) is 41.5 Å². The summed E-state index contributed by atoms with van der Waals surface area (Å²) in [6.45, 7) is 9.91. The molecular formula is C19H27NO4. The number of benzene rings is 1. The quantitative estimate of drug-likeness (QED) is 0.487. The Morgan fingerprint density at radius 1 is 1.17 bits per heavy atom. The van der Waals surface area contributed by atoms with E-state index in [0.29, 0.717) is 5.92 Å². The molecular weight excluding hydrogens is 306 g/mol. The molecule has 0 atom stereocenters. The monoisotopic (exact) mass is 333 g/mol. The molecule has 0 aliphatic carbocycles. The van der Waals surface area contributed by atoms with E-state index in [1.54, 1.807) is 26.8 Å². The Morgan fingerprint density at radius 3 is 2.33 bits per heavy atom. The highest BCUT2D eigenvalue weighted by atomic mass is 16.6. The van der Waals surface area contributed by atoms with Gasteiger partial charge in [0.2, 0.25) is 0 Å². The van der Waals surface area contributed by atoms with Crippen LogP contribution >= 0.6 is 0 Å². The van der Waals surface area contributed by atoms with Gasteiger partial charge in [0.1, 0.15) is 12.2 Å². The summed E-state index contributed by atoms with van der Waals surface area (Å²) in [6, 6.07) is 8.01. The second kappa shape index (κ2) is 9.11. The van der Waals surface area contributed by atoms with Gasteiger partial charge in [-0.05, 0) is 43.9 Å².